The fourth-order valence-electron chi connectivity index (χ4n) is 1.55. The van der Waals surface area contributed by atoms with Crippen molar-refractivity contribution in [3.63, 3.8) is 0 Å². The zero-order valence-corrected chi connectivity index (χ0v) is 9.27. The summed E-state index contributed by atoms with van der Waals surface area (Å²) in [5.41, 5.74) is 1.51. The molecule has 0 amide bonds. The average molecular weight is 233 g/mol. The van der Waals surface area contributed by atoms with Crippen LogP contribution in [0, 0.1) is 5.92 Å². The molecule has 0 radical (unpaired) electrons. The fraction of sp³-hybridized carbons (Fsp3) is 0.800. The first-order chi connectivity index (χ1) is 5.84. The van der Waals surface area contributed by atoms with Gasteiger partial charge in [0.15, 0.2) is 0 Å². The zero-order chi connectivity index (χ0) is 8.81. The van der Waals surface area contributed by atoms with Crippen LogP contribution in [0.1, 0.15) is 26.2 Å². The van der Waals surface area contributed by atoms with Crippen molar-refractivity contribution in [2.75, 3.05) is 18.5 Å². The van der Waals surface area contributed by atoms with Crippen LogP contribution in [0.5, 0.6) is 0 Å². The van der Waals surface area contributed by atoms with E-state index in [4.69, 9.17) is 4.74 Å². The molecule has 0 saturated carbocycles. The van der Waals surface area contributed by atoms with Gasteiger partial charge in [0.05, 0.1) is 6.61 Å². The molecule has 0 N–H and O–H groups in total. The van der Waals surface area contributed by atoms with Crippen LogP contribution in [0.2, 0.25) is 0 Å². The second kappa shape index (κ2) is 5.76. The first-order valence-corrected chi connectivity index (χ1v) is 5.77. The molecule has 1 atom stereocenters. The highest BCUT2D eigenvalue weighted by molar-refractivity contribution is 9.09. The van der Waals surface area contributed by atoms with E-state index in [1.54, 1.807) is 0 Å². The van der Waals surface area contributed by atoms with Gasteiger partial charge in [0, 0.05) is 17.9 Å². The van der Waals surface area contributed by atoms with Crippen LogP contribution in [0.3, 0.4) is 0 Å². The second-order valence-electron chi connectivity index (χ2n) is 3.34. The summed E-state index contributed by atoms with van der Waals surface area (Å²) in [7, 11) is 0. The number of allylic oxidation sites excluding steroid dienone is 1. The van der Waals surface area contributed by atoms with Gasteiger partial charge in [0.2, 0.25) is 0 Å². The lowest BCUT2D eigenvalue weighted by molar-refractivity contribution is 0.0672. The summed E-state index contributed by atoms with van der Waals surface area (Å²) in [6.07, 6.45) is 6.01. The van der Waals surface area contributed by atoms with Gasteiger partial charge in [-0.2, -0.15) is 0 Å². The second-order valence-corrected chi connectivity index (χ2v) is 4.13. The van der Waals surface area contributed by atoms with Gasteiger partial charge in [-0.15, -0.1) is 0 Å². The number of hydrogen-bond acceptors (Lipinski definition) is 1. The molecule has 0 bridgehead atoms. The van der Waals surface area contributed by atoms with Gasteiger partial charge in [0.1, 0.15) is 0 Å². The minimum absolute atomic E-state index is 0.692. The Morgan fingerprint density at radius 2 is 2.50 bits per heavy atom. The zero-order valence-electron chi connectivity index (χ0n) is 7.68. The van der Waals surface area contributed by atoms with Crippen molar-refractivity contribution >= 4 is 15.9 Å². The molecule has 0 aromatic heterocycles. The largest absolute Gasteiger partial charge is 0.381 e. The Morgan fingerprint density at radius 1 is 1.67 bits per heavy atom. The number of ether oxygens (including phenoxy) is 1. The molecule has 1 aliphatic rings. The van der Waals surface area contributed by atoms with Gasteiger partial charge in [0.25, 0.3) is 0 Å². The molecule has 0 aromatic rings. The van der Waals surface area contributed by atoms with Crippen LogP contribution in [0.4, 0.5) is 0 Å². The number of rotatable bonds is 3. The lowest BCUT2D eigenvalue weighted by Crippen LogP contribution is -2.18. The maximum Gasteiger partial charge on any atom is 0.0531 e. The third kappa shape index (κ3) is 3.28. The predicted octanol–water partition coefficient (Wildman–Crippen LogP) is 3.14. The molecule has 2 heteroatoms. The van der Waals surface area contributed by atoms with E-state index in [9.17, 15) is 0 Å². The van der Waals surface area contributed by atoms with E-state index in [2.05, 4.69) is 28.9 Å². The Bertz CT molecular complexity index is 148. The maximum atomic E-state index is 5.43. The molecule has 0 aromatic carbocycles. The molecule has 0 aliphatic carbocycles. The highest BCUT2D eigenvalue weighted by Gasteiger charge is 2.14. The quantitative estimate of drug-likeness (QED) is 0.537. The van der Waals surface area contributed by atoms with E-state index in [0.29, 0.717) is 5.92 Å². The van der Waals surface area contributed by atoms with Crippen LogP contribution in [0.15, 0.2) is 11.6 Å². The highest BCUT2D eigenvalue weighted by atomic mass is 79.9. The maximum absolute atomic E-state index is 5.43. The molecule has 1 unspecified atom stereocenters. The molecule has 1 heterocycles. The molecular weight excluding hydrogens is 216 g/mol. The minimum atomic E-state index is 0.692. The van der Waals surface area contributed by atoms with Crippen molar-refractivity contribution in [1.29, 1.82) is 0 Å². The molecule has 1 saturated heterocycles. The van der Waals surface area contributed by atoms with Crippen LogP contribution in [-0.2, 0) is 4.74 Å². The molecule has 1 aliphatic heterocycles. The van der Waals surface area contributed by atoms with Crippen molar-refractivity contribution in [3.05, 3.63) is 11.6 Å². The smallest absolute Gasteiger partial charge is 0.0531 e. The van der Waals surface area contributed by atoms with Crippen LogP contribution < -0.4 is 0 Å². The monoisotopic (exact) mass is 232 g/mol. The number of alkyl halides is 1. The Morgan fingerprint density at radius 3 is 3.08 bits per heavy atom. The van der Waals surface area contributed by atoms with Crippen molar-refractivity contribution in [3.8, 4) is 0 Å². The lowest BCUT2D eigenvalue weighted by Gasteiger charge is -2.22. The highest BCUT2D eigenvalue weighted by Crippen LogP contribution is 2.21. The van der Waals surface area contributed by atoms with E-state index < -0.39 is 0 Å². The molecule has 0 spiro atoms. The number of hydrogen-bond donors (Lipinski definition) is 0. The Balaban J connectivity index is 2.33. The first-order valence-electron chi connectivity index (χ1n) is 4.65. The van der Waals surface area contributed by atoms with E-state index in [-0.39, 0.29) is 0 Å². The summed E-state index contributed by atoms with van der Waals surface area (Å²) in [6, 6.07) is 0. The van der Waals surface area contributed by atoms with Gasteiger partial charge < -0.3 is 4.74 Å². The normalized spacial score (nSPS) is 25.8. The molecule has 12 heavy (non-hydrogen) atoms. The van der Waals surface area contributed by atoms with E-state index >= 15 is 0 Å². The summed E-state index contributed by atoms with van der Waals surface area (Å²) >= 11 is 3.43. The summed E-state index contributed by atoms with van der Waals surface area (Å²) < 4.78 is 5.43. The molecule has 1 fully saturated rings. The Kier molecular flexibility index (Phi) is 4.93. The SMILES string of the molecule is C/C(=C\CCBr)C1CCCOC1. The van der Waals surface area contributed by atoms with E-state index in [1.807, 2.05) is 0 Å². The van der Waals surface area contributed by atoms with Gasteiger partial charge in [-0.25, -0.2) is 0 Å². The summed E-state index contributed by atoms with van der Waals surface area (Å²) in [4.78, 5) is 0. The van der Waals surface area contributed by atoms with Gasteiger partial charge in [-0.1, -0.05) is 27.6 Å². The number of halogens is 1. The minimum Gasteiger partial charge on any atom is -0.381 e. The fourth-order valence-corrected chi connectivity index (χ4v) is 1.78. The average Bonchev–Trinajstić information content (AvgIpc) is 2.15. The van der Waals surface area contributed by atoms with Gasteiger partial charge >= 0.3 is 0 Å². The first kappa shape index (κ1) is 10.3. The molecule has 1 nitrogen and oxygen atoms in total. The van der Waals surface area contributed by atoms with Crippen LogP contribution in [0.25, 0.3) is 0 Å². The summed E-state index contributed by atoms with van der Waals surface area (Å²) in [5, 5.41) is 1.07. The van der Waals surface area contributed by atoms with Crippen molar-refractivity contribution in [1.82, 2.24) is 0 Å². The van der Waals surface area contributed by atoms with Crippen LogP contribution >= 0.6 is 15.9 Å². The third-order valence-electron chi connectivity index (χ3n) is 2.38. The van der Waals surface area contributed by atoms with Gasteiger partial charge in [-0.05, 0) is 26.2 Å². The summed E-state index contributed by atoms with van der Waals surface area (Å²) in [5.74, 6) is 0.692. The van der Waals surface area contributed by atoms with E-state index in [1.165, 1.54) is 18.4 Å². The standard InChI is InChI=1S/C10H17BrO/c1-9(4-2-6-11)10-5-3-7-12-8-10/h4,10H,2-3,5-8H2,1H3/b9-4+. The molecule has 70 valence electrons. The van der Waals surface area contributed by atoms with Gasteiger partial charge in [-0.3, -0.25) is 0 Å². The summed E-state index contributed by atoms with van der Waals surface area (Å²) in [6.45, 7) is 4.12. The van der Waals surface area contributed by atoms with Crippen molar-refractivity contribution in [2.45, 2.75) is 26.2 Å². The third-order valence-corrected chi connectivity index (χ3v) is 2.84. The van der Waals surface area contributed by atoms with Crippen molar-refractivity contribution < 1.29 is 4.74 Å². The van der Waals surface area contributed by atoms with Crippen LogP contribution in [-0.4, -0.2) is 18.5 Å². The topological polar surface area (TPSA) is 9.23 Å². The Labute approximate surface area is 83.3 Å². The van der Waals surface area contributed by atoms with E-state index in [0.717, 1.165) is 25.0 Å². The Hall–Kier alpha value is 0.180. The molecular formula is C10H17BrO. The van der Waals surface area contributed by atoms with Crippen molar-refractivity contribution in [2.24, 2.45) is 5.92 Å². The predicted molar refractivity (Wildman–Crippen MR) is 55.7 cm³/mol. The lowest BCUT2D eigenvalue weighted by atomic mass is 9.94. The molecule has 1 rings (SSSR count).